The fourth-order valence-corrected chi connectivity index (χ4v) is 7.44. The Morgan fingerprint density at radius 1 is 0.465 bits per heavy atom. The fraction of sp³-hybridized carbons (Fsp3) is 0. The van der Waals surface area contributed by atoms with Crippen molar-refractivity contribution < 1.29 is 8.42 Å². The fourth-order valence-electron chi connectivity index (χ4n) is 6.18. The average molecular weight is 574 g/mol. The van der Waals surface area contributed by atoms with E-state index in [0.717, 1.165) is 44.2 Å². The van der Waals surface area contributed by atoms with Crippen molar-refractivity contribution in [3.05, 3.63) is 145 Å². The Kier molecular flexibility index (Phi) is 5.52. The molecule has 0 amide bonds. The number of nitrogens with zero attached hydrogens (tertiary/aromatic N) is 3. The van der Waals surface area contributed by atoms with E-state index in [1.165, 1.54) is 35.0 Å². The van der Waals surface area contributed by atoms with Gasteiger partial charge in [0.05, 0.1) is 43.5 Å². The van der Waals surface area contributed by atoms with E-state index in [9.17, 15) is 8.42 Å². The normalized spacial score (nSPS) is 11.9. The first-order chi connectivity index (χ1) is 21.0. The maximum Gasteiger partial charge on any atom is 0.206 e. The minimum absolute atomic E-state index is 0.159. The van der Waals surface area contributed by atoms with Gasteiger partial charge in [0.25, 0.3) is 0 Å². The molecule has 5 nitrogen and oxygen atoms in total. The first kappa shape index (κ1) is 25.1. The van der Waals surface area contributed by atoms with Gasteiger partial charge in [0.2, 0.25) is 9.84 Å². The first-order valence-corrected chi connectivity index (χ1v) is 15.4. The molecule has 2 heterocycles. The summed E-state index contributed by atoms with van der Waals surface area (Å²) in [6, 6.07) is 46.8. The molecule has 0 radical (unpaired) electrons. The molecule has 0 aliphatic rings. The van der Waals surface area contributed by atoms with E-state index in [2.05, 4.69) is 88.0 Å². The molecule has 0 spiro atoms. The highest BCUT2D eigenvalue weighted by atomic mass is 32.2. The predicted octanol–water partition coefficient (Wildman–Crippen LogP) is 8.59. The number of nitriles is 1. The largest absolute Gasteiger partial charge is 0.309 e. The average Bonchev–Trinajstić information content (AvgIpc) is 3.56. The van der Waals surface area contributed by atoms with Crippen LogP contribution in [-0.4, -0.2) is 17.6 Å². The van der Waals surface area contributed by atoms with Crippen LogP contribution in [0.4, 0.5) is 0 Å². The van der Waals surface area contributed by atoms with E-state index in [-0.39, 0.29) is 9.79 Å². The number of benzene rings is 6. The minimum atomic E-state index is -3.74. The molecule has 0 saturated carbocycles. The second kappa shape index (κ2) is 9.45. The molecule has 0 aliphatic heterocycles. The Bertz CT molecular complexity index is 2500. The number of aromatic nitrogens is 2. The van der Waals surface area contributed by atoms with Crippen molar-refractivity contribution in [1.29, 1.82) is 5.26 Å². The molecule has 0 bridgehead atoms. The van der Waals surface area contributed by atoms with Crippen LogP contribution in [0.1, 0.15) is 5.56 Å². The Morgan fingerprint density at radius 2 is 0.930 bits per heavy atom. The maximum atomic E-state index is 13.4. The summed E-state index contributed by atoms with van der Waals surface area (Å²) in [7, 11) is -3.74. The van der Waals surface area contributed by atoms with Crippen molar-refractivity contribution in [1.82, 2.24) is 9.13 Å². The zero-order chi connectivity index (χ0) is 29.1. The Hall–Kier alpha value is -5.64. The van der Waals surface area contributed by atoms with Gasteiger partial charge in [-0.05, 0) is 84.9 Å². The second-order valence-electron chi connectivity index (χ2n) is 10.6. The van der Waals surface area contributed by atoms with E-state index in [0.29, 0.717) is 5.56 Å². The molecule has 0 saturated heterocycles. The first-order valence-electron chi connectivity index (χ1n) is 13.9. The lowest BCUT2D eigenvalue weighted by Crippen LogP contribution is -2.03. The lowest BCUT2D eigenvalue weighted by atomic mass is 10.1. The van der Waals surface area contributed by atoms with E-state index in [1.807, 2.05) is 30.3 Å². The van der Waals surface area contributed by atoms with Crippen molar-refractivity contribution in [2.75, 3.05) is 0 Å². The lowest BCUT2D eigenvalue weighted by molar-refractivity contribution is 0.596. The summed E-state index contributed by atoms with van der Waals surface area (Å²) in [5.41, 5.74) is 6.70. The van der Waals surface area contributed by atoms with E-state index >= 15 is 0 Å². The molecule has 6 heteroatoms. The molecular formula is C37H23N3O2S. The number of rotatable bonds is 4. The van der Waals surface area contributed by atoms with Crippen LogP contribution in [-0.2, 0) is 9.84 Å². The van der Waals surface area contributed by atoms with Gasteiger partial charge in [-0.2, -0.15) is 5.26 Å². The zero-order valence-corrected chi connectivity index (χ0v) is 23.7. The molecular weight excluding hydrogens is 550 g/mol. The number of hydrogen-bond donors (Lipinski definition) is 0. The molecule has 0 N–H and O–H groups in total. The van der Waals surface area contributed by atoms with Crippen LogP contribution in [0.3, 0.4) is 0 Å². The summed E-state index contributed by atoms with van der Waals surface area (Å²) >= 11 is 0. The number of sulfone groups is 1. The van der Waals surface area contributed by atoms with Crippen LogP contribution >= 0.6 is 0 Å². The molecule has 0 atom stereocenters. The topological polar surface area (TPSA) is 67.8 Å². The van der Waals surface area contributed by atoms with Crippen molar-refractivity contribution in [2.45, 2.75) is 9.79 Å². The Balaban J connectivity index is 1.36. The summed E-state index contributed by atoms with van der Waals surface area (Å²) in [5, 5.41) is 13.7. The zero-order valence-electron chi connectivity index (χ0n) is 22.8. The van der Waals surface area contributed by atoms with Crippen molar-refractivity contribution >= 4 is 53.4 Å². The summed E-state index contributed by atoms with van der Waals surface area (Å²) in [5.74, 6) is 0. The van der Waals surface area contributed by atoms with Gasteiger partial charge in [-0.25, -0.2) is 8.42 Å². The molecule has 204 valence electrons. The van der Waals surface area contributed by atoms with Crippen LogP contribution in [0.25, 0.3) is 55.0 Å². The van der Waals surface area contributed by atoms with Gasteiger partial charge in [-0.1, -0.05) is 54.6 Å². The van der Waals surface area contributed by atoms with Crippen molar-refractivity contribution in [2.24, 2.45) is 0 Å². The Labute approximate surface area is 248 Å². The Morgan fingerprint density at radius 3 is 1.47 bits per heavy atom. The molecule has 8 rings (SSSR count). The predicted molar refractivity (Wildman–Crippen MR) is 172 cm³/mol. The molecule has 0 unspecified atom stereocenters. The minimum Gasteiger partial charge on any atom is -0.309 e. The maximum absolute atomic E-state index is 13.4. The van der Waals surface area contributed by atoms with Crippen molar-refractivity contribution in [3.63, 3.8) is 0 Å². The van der Waals surface area contributed by atoms with Crippen LogP contribution in [0.5, 0.6) is 0 Å². The van der Waals surface area contributed by atoms with Gasteiger partial charge in [0.1, 0.15) is 0 Å². The van der Waals surface area contributed by atoms with Crippen LogP contribution in [0, 0.1) is 11.3 Å². The number of fused-ring (bicyclic) bond motifs is 6. The number of para-hydroxylation sites is 3. The van der Waals surface area contributed by atoms with Gasteiger partial charge >= 0.3 is 0 Å². The molecule has 8 aromatic rings. The molecule has 6 aromatic carbocycles. The highest BCUT2D eigenvalue weighted by Gasteiger charge is 2.20. The number of hydrogen-bond acceptors (Lipinski definition) is 3. The van der Waals surface area contributed by atoms with Crippen molar-refractivity contribution in [3.8, 4) is 17.4 Å². The van der Waals surface area contributed by atoms with Gasteiger partial charge in [-0.3, -0.25) is 0 Å². The van der Waals surface area contributed by atoms with E-state index in [1.54, 1.807) is 12.1 Å². The molecule has 2 aromatic heterocycles. The third-order valence-electron chi connectivity index (χ3n) is 8.18. The molecule has 43 heavy (non-hydrogen) atoms. The van der Waals surface area contributed by atoms with Gasteiger partial charge < -0.3 is 9.13 Å². The van der Waals surface area contributed by atoms with Gasteiger partial charge in [-0.15, -0.1) is 0 Å². The third kappa shape index (κ3) is 3.79. The third-order valence-corrected chi connectivity index (χ3v) is 9.96. The highest BCUT2D eigenvalue weighted by molar-refractivity contribution is 7.91. The van der Waals surface area contributed by atoms with Crippen LogP contribution in [0.15, 0.2) is 149 Å². The highest BCUT2D eigenvalue weighted by Crippen LogP contribution is 2.39. The van der Waals surface area contributed by atoms with Gasteiger partial charge in [0, 0.05) is 32.9 Å². The quantitative estimate of drug-likeness (QED) is 0.212. The van der Waals surface area contributed by atoms with Gasteiger partial charge in [0.15, 0.2) is 0 Å². The van der Waals surface area contributed by atoms with Crippen LogP contribution in [0.2, 0.25) is 0 Å². The van der Waals surface area contributed by atoms with E-state index in [4.69, 9.17) is 5.26 Å². The molecule has 0 aliphatic carbocycles. The second-order valence-corrected chi connectivity index (χ2v) is 12.5. The smallest absolute Gasteiger partial charge is 0.206 e. The summed E-state index contributed by atoms with van der Waals surface area (Å²) < 4.78 is 31.2. The summed E-state index contributed by atoms with van der Waals surface area (Å²) in [6.07, 6.45) is 0. The summed E-state index contributed by atoms with van der Waals surface area (Å²) in [4.78, 5) is 0.362. The van der Waals surface area contributed by atoms with Crippen LogP contribution < -0.4 is 0 Å². The molecule has 0 fully saturated rings. The summed E-state index contributed by atoms with van der Waals surface area (Å²) in [6.45, 7) is 0. The van der Waals surface area contributed by atoms with E-state index < -0.39 is 9.84 Å². The standard InChI is InChI=1S/C37H23N3O2S/c38-24-25-14-18-28(19-15-25)43(41,42)29-20-16-27(17-21-29)40-35-13-7-5-11-31(35)33-22-32-30-10-4-6-12-34(30)39(36(32)23-37(33)40)26-8-2-1-3-9-26/h1-23H. The monoisotopic (exact) mass is 573 g/mol. The lowest BCUT2D eigenvalue weighted by Gasteiger charge is -2.11. The SMILES string of the molecule is N#Cc1ccc(S(=O)(=O)c2ccc(-n3c4ccccc4c4cc5c6ccccc6n(-c6ccccc6)c5cc43)cc2)cc1.